The minimum atomic E-state index is -0.138. The highest BCUT2D eigenvalue weighted by molar-refractivity contribution is 5.87. The summed E-state index contributed by atoms with van der Waals surface area (Å²) < 4.78 is 0. The molecule has 0 aromatic heterocycles. The Morgan fingerprint density at radius 2 is 2.31 bits per heavy atom. The number of hydrogen-bond acceptors (Lipinski definition) is 2. The van der Waals surface area contributed by atoms with Gasteiger partial charge in [-0.25, -0.2) is 0 Å². The normalized spacial score (nSPS) is 35.0. The van der Waals surface area contributed by atoms with Gasteiger partial charge in [0.15, 0.2) is 0 Å². The van der Waals surface area contributed by atoms with Gasteiger partial charge in [0.25, 0.3) is 0 Å². The van der Waals surface area contributed by atoms with Crippen molar-refractivity contribution in [1.82, 2.24) is 0 Å². The van der Waals surface area contributed by atoms with Gasteiger partial charge >= 0.3 is 0 Å². The third kappa shape index (κ3) is 2.31. The van der Waals surface area contributed by atoms with E-state index in [4.69, 9.17) is 5.11 Å². The zero-order valence-electron chi connectivity index (χ0n) is 8.68. The smallest absolute Gasteiger partial charge is 0.141 e. The minimum absolute atomic E-state index is 0.138. The Balaban J connectivity index is 2.58. The molecule has 1 fully saturated rings. The molecule has 0 aliphatic heterocycles. The van der Waals surface area contributed by atoms with E-state index in [0.29, 0.717) is 5.78 Å². The molecule has 0 heterocycles. The fourth-order valence-electron chi connectivity index (χ4n) is 2.36. The van der Waals surface area contributed by atoms with Gasteiger partial charge in [-0.1, -0.05) is 20.3 Å². The Kier molecular flexibility index (Phi) is 3.48. The topological polar surface area (TPSA) is 37.3 Å². The van der Waals surface area contributed by atoms with Crippen LogP contribution in [0.5, 0.6) is 0 Å². The number of aliphatic hydroxyl groups excluding tert-OH is 1. The van der Waals surface area contributed by atoms with Crippen LogP contribution in [0.4, 0.5) is 0 Å². The number of ketones is 1. The quantitative estimate of drug-likeness (QED) is 0.729. The van der Waals surface area contributed by atoms with E-state index in [1.165, 1.54) is 0 Å². The van der Waals surface area contributed by atoms with E-state index < -0.39 is 0 Å². The van der Waals surface area contributed by atoms with Gasteiger partial charge in [-0.2, -0.15) is 0 Å². The van der Waals surface area contributed by atoms with E-state index in [2.05, 4.69) is 6.92 Å². The Labute approximate surface area is 80.3 Å². The fraction of sp³-hybridized carbons (Fsp3) is 0.909. The van der Waals surface area contributed by atoms with Crippen LogP contribution >= 0.6 is 0 Å². The van der Waals surface area contributed by atoms with E-state index in [1.807, 2.05) is 6.92 Å². The van der Waals surface area contributed by atoms with E-state index in [0.717, 1.165) is 32.1 Å². The molecule has 1 aliphatic rings. The van der Waals surface area contributed by atoms with Crippen molar-refractivity contribution in [2.45, 2.75) is 46.0 Å². The van der Waals surface area contributed by atoms with Crippen LogP contribution in [-0.2, 0) is 4.79 Å². The highest BCUT2D eigenvalue weighted by Crippen LogP contribution is 2.39. The molecule has 13 heavy (non-hydrogen) atoms. The lowest BCUT2D eigenvalue weighted by Gasteiger charge is -2.35. The second kappa shape index (κ2) is 4.23. The Morgan fingerprint density at radius 3 is 2.92 bits per heavy atom. The van der Waals surface area contributed by atoms with Crippen molar-refractivity contribution < 1.29 is 9.90 Å². The summed E-state index contributed by atoms with van der Waals surface area (Å²) >= 11 is 0. The van der Waals surface area contributed by atoms with Gasteiger partial charge in [-0.05, 0) is 25.7 Å². The lowest BCUT2D eigenvalue weighted by molar-refractivity contribution is -0.135. The predicted molar refractivity (Wildman–Crippen MR) is 52.4 cm³/mol. The van der Waals surface area contributed by atoms with Gasteiger partial charge in [-0.3, -0.25) is 4.79 Å². The van der Waals surface area contributed by atoms with Crippen molar-refractivity contribution in [1.29, 1.82) is 0 Å². The fourth-order valence-corrected chi connectivity index (χ4v) is 2.36. The highest BCUT2D eigenvalue weighted by Gasteiger charge is 2.38. The average molecular weight is 184 g/mol. The first kappa shape index (κ1) is 10.7. The van der Waals surface area contributed by atoms with Crippen LogP contribution in [-0.4, -0.2) is 17.5 Å². The summed E-state index contributed by atoms with van der Waals surface area (Å²) in [6, 6.07) is 0. The molecule has 2 heteroatoms. The Morgan fingerprint density at radius 1 is 1.62 bits per heavy atom. The first-order valence-corrected chi connectivity index (χ1v) is 5.25. The van der Waals surface area contributed by atoms with Crippen molar-refractivity contribution in [3.05, 3.63) is 0 Å². The monoisotopic (exact) mass is 184 g/mol. The van der Waals surface area contributed by atoms with Gasteiger partial charge in [0.2, 0.25) is 0 Å². The van der Waals surface area contributed by atoms with E-state index >= 15 is 0 Å². The molecular formula is C11H20O2. The van der Waals surface area contributed by atoms with Crippen molar-refractivity contribution in [3.63, 3.8) is 0 Å². The number of aliphatic hydroxyl groups is 1. The van der Waals surface area contributed by atoms with E-state index in [9.17, 15) is 4.79 Å². The van der Waals surface area contributed by atoms with Gasteiger partial charge in [0, 0.05) is 17.9 Å². The Hall–Kier alpha value is -0.370. The number of hydrogen-bond donors (Lipinski definition) is 1. The van der Waals surface area contributed by atoms with Crippen LogP contribution in [0.1, 0.15) is 46.0 Å². The van der Waals surface area contributed by atoms with Gasteiger partial charge < -0.3 is 5.11 Å². The van der Waals surface area contributed by atoms with E-state index in [-0.39, 0.29) is 17.9 Å². The largest absolute Gasteiger partial charge is 0.396 e. The van der Waals surface area contributed by atoms with Crippen LogP contribution in [0.25, 0.3) is 0 Å². The molecule has 2 unspecified atom stereocenters. The van der Waals surface area contributed by atoms with Crippen molar-refractivity contribution in [3.8, 4) is 0 Å². The first-order valence-electron chi connectivity index (χ1n) is 5.25. The maximum absolute atomic E-state index is 11.9. The summed E-state index contributed by atoms with van der Waals surface area (Å²) in [7, 11) is 0. The molecule has 2 nitrogen and oxygen atoms in total. The molecule has 0 aromatic rings. The van der Waals surface area contributed by atoms with Crippen LogP contribution in [0, 0.1) is 11.3 Å². The molecule has 0 aromatic carbocycles. The number of carbonyl (C=O) groups excluding carboxylic acids is 1. The van der Waals surface area contributed by atoms with Crippen LogP contribution < -0.4 is 0 Å². The minimum Gasteiger partial charge on any atom is -0.396 e. The molecule has 1 aliphatic carbocycles. The second-order valence-electron chi connectivity index (χ2n) is 4.55. The van der Waals surface area contributed by atoms with Gasteiger partial charge in [0.1, 0.15) is 5.78 Å². The lowest BCUT2D eigenvalue weighted by atomic mass is 9.68. The van der Waals surface area contributed by atoms with Crippen LogP contribution in [0.3, 0.4) is 0 Å². The van der Waals surface area contributed by atoms with Gasteiger partial charge in [-0.15, -0.1) is 0 Å². The van der Waals surface area contributed by atoms with Crippen LogP contribution in [0.2, 0.25) is 0 Å². The van der Waals surface area contributed by atoms with Gasteiger partial charge in [0.05, 0.1) is 0 Å². The van der Waals surface area contributed by atoms with Crippen molar-refractivity contribution in [2.24, 2.45) is 11.3 Å². The molecule has 1 rings (SSSR count). The lowest BCUT2D eigenvalue weighted by Crippen LogP contribution is -2.36. The van der Waals surface area contributed by atoms with Crippen molar-refractivity contribution >= 4 is 5.78 Å². The predicted octanol–water partition coefficient (Wildman–Crippen LogP) is 2.15. The third-order valence-corrected chi connectivity index (χ3v) is 3.29. The summed E-state index contributed by atoms with van der Waals surface area (Å²) in [5.41, 5.74) is -0.138. The zero-order chi connectivity index (χ0) is 9.90. The molecule has 0 radical (unpaired) electrons. The van der Waals surface area contributed by atoms with Crippen LogP contribution in [0.15, 0.2) is 0 Å². The molecule has 0 spiro atoms. The SMILES string of the molecule is CC1CCCC(C)(CCCO)C1=O. The number of carbonyl (C=O) groups is 1. The zero-order valence-corrected chi connectivity index (χ0v) is 8.68. The molecule has 1 saturated carbocycles. The van der Waals surface area contributed by atoms with Crippen molar-refractivity contribution in [2.75, 3.05) is 6.61 Å². The molecule has 0 amide bonds. The van der Waals surface area contributed by atoms with E-state index in [1.54, 1.807) is 0 Å². The summed E-state index contributed by atoms with van der Waals surface area (Å²) in [5, 5.41) is 8.75. The third-order valence-electron chi connectivity index (χ3n) is 3.29. The molecule has 2 atom stereocenters. The highest BCUT2D eigenvalue weighted by atomic mass is 16.3. The summed E-state index contributed by atoms with van der Waals surface area (Å²) in [6.45, 7) is 4.29. The summed E-state index contributed by atoms with van der Waals surface area (Å²) in [5.74, 6) is 0.643. The maximum Gasteiger partial charge on any atom is 0.141 e. The molecular weight excluding hydrogens is 164 g/mol. The Bertz CT molecular complexity index is 189. The maximum atomic E-state index is 11.9. The standard InChI is InChI=1S/C11H20O2/c1-9-5-3-6-11(2,10(9)13)7-4-8-12/h9,12H,3-8H2,1-2H3. The first-order chi connectivity index (χ1) is 6.10. The summed E-state index contributed by atoms with van der Waals surface area (Å²) in [6.07, 6.45) is 4.83. The molecule has 0 saturated heterocycles. The molecule has 0 bridgehead atoms. The second-order valence-corrected chi connectivity index (χ2v) is 4.55. The number of rotatable bonds is 3. The summed E-state index contributed by atoms with van der Waals surface area (Å²) in [4.78, 5) is 11.9. The molecule has 76 valence electrons. The molecule has 1 N–H and O–H groups in total. The number of Topliss-reactive ketones (excluding diaryl/α,β-unsaturated/α-hetero) is 1. The average Bonchev–Trinajstić information content (AvgIpc) is 2.11.